The zero-order valence-electron chi connectivity index (χ0n) is 5.50. The molecule has 0 aliphatic carbocycles. The Bertz CT molecular complexity index is 116. The average Bonchev–Trinajstić information content (AvgIpc) is 1.76. The number of hydrogen-bond acceptors (Lipinski definition) is 2. The van der Waals surface area contributed by atoms with Crippen LogP contribution in [0.2, 0.25) is 0 Å². The van der Waals surface area contributed by atoms with Crippen molar-refractivity contribution in [1.82, 2.24) is 0 Å². The molecule has 0 atom stereocenters. The minimum Gasteiger partial charge on any atom is -0.187 e. The smallest absolute Gasteiger partial charge is 0.187 e. The van der Waals surface area contributed by atoms with Gasteiger partial charge in [-0.1, -0.05) is 21.6 Å². The minimum atomic E-state index is -3.35. The van der Waals surface area contributed by atoms with Gasteiger partial charge in [0.05, 0.1) is 11.5 Å². The molecule has 0 rings (SSSR count). The van der Waals surface area contributed by atoms with E-state index in [1.807, 2.05) is 0 Å². The van der Waals surface area contributed by atoms with Gasteiger partial charge in [0.2, 0.25) is 0 Å². The van der Waals surface area contributed by atoms with Gasteiger partial charge in [-0.15, -0.1) is 0 Å². The zero-order chi connectivity index (χ0) is 9.83. The van der Waals surface area contributed by atoms with Gasteiger partial charge in [-0.3, -0.25) is 0 Å². The van der Waals surface area contributed by atoms with Crippen molar-refractivity contribution < 1.29 is 17.6 Å². The lowest BCUT2D eigenvalue weighted by molar-refractivity contribution is 0.123. The van der Waals surface area contributed by atoms with Crippen LogP contribution in [-0.2, 0) is 0 Å². The molecule has 0 aromatic carbocycles. The zero-order valence-corrected chi connectivity index (χ0v) is 8.64. The second-order valence-corrected chi connectivity index (χ2v) is 5.32. The van der Waals surface area contributed by atoms with E-state index in [1.165, 1.54) is 0 Å². The van der Waals surface area contributed by atoms with Crippen LogP contribution in [0.1, 0.15) is 0 Å². The summed E-state index contributed by atoms with van der Waals surface area (Å²) in [6.45, 7) is 0. The maximum Gasteiger partial charge on any atom is 0.331 e. The summed E-state index contributed by atoms with van der Waals surface area (Å²) < 4.78 is 47.4. The fourth-order valence-corrected chi connectivity index (χ4v) is 2.75. The van der Waals surface area contributed by atoms with Crippen LogP contribution in [-0.4, -0.2) is 22.3 Å². The highest BCUT2D eigenvalue weighted by Gasteiger charge is 2.28. The summed E-state index contributed by atoms with van der Waals surface area (Å²) in [7, 11) is 1.11. The van der Waals surface area contributed by atoms with E-state index in [0.717, 1.165) is 0 Å². The molecule has 74 valence electrons. The van der Waals surface area contributed by atoms with Gasteiger partial charge in [-0.25, -0.2) is 0 Å². The molecule has 0 aromatic rings. The predicted molar refractivity (Wildman–Crippen MR) is 46.5 cm³/mol. The molecule has 0 fully saturated rings. The largest absolute Gasteiger partial charge is 0.331 e. The normalized spacial score (nSPS) is 13.5. The second kappa shape index (κ2) is 5.02. The molecule has 0 amide bonds. The van der Waals surface area contributed by atoms with Crippen molar-refractivity contribution in [3.63, 3.8) is 0 Å². The topological polar surface area (TPSA) is 0 Å². The van der Waals surface area contributed by atoms with Gasteiger partial charge in [0.1, 0.15) is 0 Å². The lowest BCUT2D eigenvalue weighted by Crippen LogP contribution is -2.10. The van der Waals surface area contributed by atoms with Crippen LogP contribution < -0.4 is 0 Å². The fraction of sp³-hybridized carbons (Fsp3) is 1.00. The molecule has 0 nitrogen and oxygen atoms in total. The molecule has 0 heterocycles. The number of alkyl halides is 6. The van der Waals surface area contributed by atoms with E-state index in [-0.39, 0.29) is 0 Å². The van der Waals surface area contributed by atoms with Gasteiger partial charge in [-0.2, -0.15) is 17.6 Å². The van der Waals surface area contributed by atoms with Crippen molar-refractivity contribution >= 4 is 44.8 Å². The number of hydrogen-bond donors (Lipinski definition) is 0. The Kier molecular flexibility index (Phi) is 5.44. The van der Waals surface area contributed by atoms with Crippen LogP contribution in [0.15, 0.2) is 0 Å². The van der Waals surface area contributed by atoms with E-state index in [2.05, 4.69) is 23.2 Å². The van der Waals surface area contributed by atoms with Crippen LogP contribution in [0.4, 0.5) is 17.6 Å². The molecule has 0 N–H and O–H groups in total. The first-order valence-corrected chi connectivity index (χ1v) is 5.83. The number of halogens is 6. The summed E-state index contributed by atoms with van der Waals surface area (Å²) in [4.78, 5) is 0. The summed E-state index contributed by atoms with van der Waals surface area (Å²) in [5.74, 6) is -1.43. The molecule has 0 bridgehead atoms. The average molecular weight is 263 g/mol. The Hall–Kier alpha value is 1.000. The molecule has 0 aliphatic rings. The Morgan fingerprint density at radius 3 is 1.25 bits per heavy atom. The van der Waals surface area contributed by atoms with E-state index < -0.39 is 22.3 Å². The van der Waals surface area contributed by atoms with Gasteiger partial charge in [0.25, 0.3) is 0 Å². The van der Waals surface area contributed by atoms with Crippen molar-refractivity contribution in [2.24, 2.45) is 0 Å². The van der Waals surface area contributed by atoms with E-state index >= 15 is 0 Å². The van der Waals surface area contributed by atoms with E-state index in [4.69, 9.17) is 0 Å². The maximum atomic E-state index is 11.9. The van der Waals surface area contributed by atoms with Crippen molar-refractivity contribution in [3.8, 4) is 0 Å². The van der Waals surface area contributed by atoms with Gasteiger partial charge >= 0.3 is 10.8 Å². The molecular formula is C4H4Cl2F4S2. The molecule has 0 saturated heterocycles. The third-order valence-corrected chi connectivity index (χ3v) is 3.45. The van der Waals surface area contributed by atoms with Gasteiger partial charge < -0.3 is 0 Å². The van der Waals surface area contributed by atoms with E-state index in [1.54, 1.807) is 0 Å². The highest BCUT2D eigenvalue weighted by Crippen LogP contribution is 2.35. The monoisotopic (exact) mass is 262 g/mol. The summed E-state index contributed by atoms with van der Waals surface area (Å²) in [6, 6.07) is 0. The van der Waals surface area contributed by atoms with Crippen LogP contribution in [0, 0.1) is 0 Å². The maximum absolute atomic E-state index is 11.9. The highest BCUT2D eigenvalue weighted by molar-refractivity contribution is 8.76. The molecule has 0 saturated carbocycles. The summed E-state index contributed by atoms with van der Waals surface area (Å²) in [5.41, 5.74) is 0. The lowest BCUT2D eigenvalue weighted by atomic mass is 10.8. The molecule has 0 spiro atoms. The van der Waals surface area contributed by atoms with Crippen LogP contribution in [0.25, 0.3) is 0 Å². The predicted octanol–water partition coefficient (Wildman–Crippen LogP) is 4.03. The Morgan fingerprint density at radius 2 is 1.08 bits per heavy atom. The van der Waals surface area contributed by atoms with Crippen molar-refractivity contribution in [1.29, 1.82) is 0 Å². The van der Waals surface area contributed by atoms with E-state index in [9.17, 15) is 17.6 Å². The quantitative estimate of drug-likeness (QED) is 0.318. The van der Waals surface area contributed by atoms with Crippen molar-refractivity contribution in [2.75, 3.05) is 11.5 Å². The van der Waals surface area contributed by atoms with Crippen molar-refractivity contribution in [3.05, 3.63) is 0 Å². The van der Waals surface area contributed by atoms with Crippen LogP contribution in [0.3, 0.4) is 0 Å². The second-order valence-electron chi connectivity index (χ2n) is 1.75. The Balaban J connectivity index is 3.35. The Morgan fingerprint density at radius 1 is 0.833 bits per heavy atom. The summed E-state index contributed by atoms with van der Waals surface area (Å²) in [6.07, 6.45) is 0. The summed E-state index contributed by atoms with van der Waals surface area (Å²) in [5, 5.41) is -6.70. The Labute approximate surface area is 84.7 Å². The van der Waals surface area contributed by atoms with Crippen LogP contribution in [0.5, 0.6) is 0 Å². The molecule has 0 aromatic heterocycles. The molecule has 12 heavy (non-hydrogen) atoms. The standard InChI is InChI=1S/C4H4Cl2F4S2/c5-3(7,8)1-11-12-2-4(6,9)10/h1-2H2. The molecule has 0 aliphatic heterocycles. The van der Waals surface area contributed by atoms with Gasteiger partial charge in [0, 0.05) is 0 Å². The van der Waals surface area contributed by atoms with Crippen molar-refractivity contribution in [2.45, 2.75) is 10.8 Å². The fourth-order valence-electron chi connectivity index (χ4n) is 0.217. The SMILES string of the molecule is FC(F)(Cl)CSSCC(F)(F)Cl. The van der Waals surface area contributed by atoms with Gasteiger partial charge in [-0.05, 0) is 23.2 Å². The first-order valence-electron chi connectivity index (χ1n) is 2.59. The summed E-state index contributed by atoms with van der Waals surface area (Å²) >= 11 is 8.99. The minimum absolute atomic E-state index is 0.557. The third-order valence-electron chi connectivity index (χ3n) is 0.529. The number of rotatable bonds is 5. The molecule has 0 radical (unpaired) electrons. The third kappa shape index (κ3) is 11.0. The first-order chi connectivity index (χ1) is 5.21. The highest BCUT2D eigenvalue weighted by atomic mass is 35.5. The molecule has 0 unspecified atom stereocenters. The lowest BCUT2D eigenvalue weighted by Gasteiger charge is -2.08. The molecule has 8 heteroatoms. The van der Waals surface area contributed by atoms with E-state index in [0.29, 0.717) is 21.6 Å². The molecular weight excluding hydrogens is 259 g/mol. The first kappa shape index (κ1) is 13.0. The van der Waals surface area contributed by atoms with Crippen LogP contribution >= 0.6 is 44.8 Å². The van der Waals surface area contributed by atoms with Gasteiger partial charge in [0.15, 0.2) is 0 Å².